The number of hydrogen-bond donors (Lipinski definition) is 0. The fraction of sp³-hybridized carbons (Fsp3) is 0.455. The van der Waals surface area contributed by atoms with Crippen molar-refractivity contribution in [2.24, 2.45) is 0 Å². The molecule has 0 spiro atoms. The average Bonchev–Trinajstić information content (AvgIpc) is 2.96. The second kappa shape index (κ2) is 5.87. The topological polar surface area (TPSA) is 91.2 Å². The van der Waals surface area contributed by atoms with Crippen LogP contribution in [0.1, 0.15) is 34.6 Å². The summed E-state index contributed by atoms with van der Waals surface area (Å²) in [5, 5.41) is 11.6. The lowest BCUT2D eigenvalue weighted by molar-refractivity contribution is 0.0475. The monoisotopic (exact) mass is 283 g/mol. The van der Waals surface area contributed by atoms with E-state index >= 15 is 0 Å². The van der Waals surface area contributed by atoms with E-state index < -0.39 is 5.97 Å². The first-order valence-electron chi connectivity index (χ1n) is 5.67. The fourth-order valence-electron chi connectivity index (χ4n) is 1.39. The lowest BCUT2D eigenvalue weighted by Gasteiger charge is -1.96. The van der Waals surface area contributed by atoms with E-state index in [1.54, 1.807) is 6.92 Å². The van der Waals surface area contributed by atoms with Crippen LogP contribution in [0.25, 0.3) is 0 Å². The minimum Gasteiger partial charge on any atom is -0.459 e. The molecule has 2 aromatic heterocycles. The predicted octanol–water partition coefficient (Wildman–Crippen LogP) is 2.14. The highest BCUT2D eigenvalue weighted by molar-refractivity contribution is 7.98. The number of hydrogen-bond acceptors (Lipinski definition) is 8. The number of carbonyl (C=O) groups is 1. The van der Waals surface area contributed by atoms with Crippen molar-refractivity contribution >= 4 is 17.7 Å². The van der Waals surface area contributed by atoms with Crippen LogP contribution >= 0.6 is 11.8 Å². The third-order valence-corrected chi connectivity index (χ3v) is 3.22. The summed E-state index contributed by atoms with van der Waals surface area (Å²) in [6, 6.07) is 0. The zero-order valence-electron chi connectivity index (χ0n) is 10.8. The van der Waals surface area contributed by atoms with E-state index in [0.29, 0.717) is 11.0 Å². The summed E-state index contributed by atoms with van der Waals surface area (Å²) in [6.45, 7) is 5.68. The standard InChI is InChI=1S/C11H13N3O4S/c1-4-16-10(15)9-12-13-11(17-9)19-5-8-6(2)14-18-7(8)3/h4-5H2,1-3H3. The Balaban J connectivity index is 1.99. The number of thioether (sulfide) groups is 1. The highest BCUT2D eigenvalue weighted by Gasteiger charge is 2.17. The SMILES string of the molecule is CCOC(=O)c1nnc(SCc2c(C)noc2C)o1. The Morgan fingerprint density at radius 1 is 1.37 bits per heavy atom. The lowest BCUT2D eigenvalue weighted by Crippen LogP contribution is -2.04. The van der Waals surface area contributed by atoms with Crippen LogP contribution < -0.4 is 0 Å². The molecule has 0 aliphatic heterocycles. The Labute approximate surface area is 113 Å². The third-order valence-electron chi connectivity index (χ3n) is 2.38. The highest BCUT2D eigenvalue weighted by atomic mass is 32.2. The molecule has 19 heavy (non-hydrogen) atoms. The van der Waals surface area contributed by atoms with Crippen LogP contribution in [-0.2, 0) is 10.5 Å². The molecule has 0 saturated heterocycles. The molecule has 2 heterocycles. The number of ether oxygens (including phenoxy) is 1. The van der Waals surface area contributed by atoms with Crippen molar-refractivity contribution < 1.29 is 18.5 Å². The van der Waals surface area contributed by atoms with Crippen molar-refractivity contribution in [2.45, 2.75) is 31.7 Å². The van der Waals surface area contributed by atoms with E-state index in [1.165, 1.54) is 11.8 Å². The van der Waals surface area contributed by atoms with E-state index in [-0.39, 0.29) is 12.5 Å². The molecule has 2 aromatic rings. The molecule has 0 aliphatic rings. The van der Waals surface area contributed by atoms with Gasteiger partial charge in [-0.05, 0) is 20.8 Å². The summed E-state index contributed by atoms with van der Waals surface area (Å²) in [4.78, 5) is 11.3. The van der Waals surface area contributed by atoms with Gasteiger partial charge in [-0.2, -0.15) is 0 Å². The van der Waals surface area contributed by atoms with E-state index in [9.17, 15) is 4.79 Å². The summed E-state index contributed by atoms with van der Waals surface area (Å²) in [5.41, 5.74) is 1.82. The Morgan fingerprint density at radius 2 is 2.16 bits per heavy atom. The minimum absolute atomic E-state index is 0.136. The molecule has 0 aromatic carbocycles. The molecule has 0 amide bonds. The van der Waals surface area contributed by atoms with Gasteiger partial charge in [0.2, 0.25) is 0 Å². The van der Waals surface area contributed by atoms with Gasteiger partial charge in [-0.3, -0.25) is 0 Å². The van der Waals surface area contributed by atoms with Crippen molar-refractivity contribution in [1.29, 1.82) is 0 Å². The van der Waals surface area contributed by atoms with Gasteiger partial charge in [0.05, 0.1) is 12.3 Å². The first kappa shape index (κ1) is 13.6. The number of aromatic nitrogens is 3. The number of nitrogens with zero attached hydrogens (tertiary/aromatic N) is 3. The van der Waals surface area contributed by atoms with Crippen LogP contribution in [-0.4, -0.2) is 27.9 Å². The second-order valence-electron chi connectivity index (χ2n) is 3.68. The summed E-state index contributed by atoms with van der Waals surface area (Å²) < 4.78 is 15.0. The van der Waals surface area contributed by atoms with E-state index in [2.05, 4.69) is 15.4 Å². The number of carbonyl (C=O) groups excluding carboxylic acids is 1. The molecule has 0 saturated carbocycles. The van der Waals surface area contributed by atoms with Gasteiger partial charge in [-0.1, -0.05) is 22.0 Å². The van der Waals surface area contributed by atoms with E-state index in [4.69, 9.17) is 13.7 Å². The molecule has 0 bridgehead atoms. The third kappa shape index (κ3) is 3.14. The zero-order chi connectivity index (χ0) is 13.8. The van der Waals surface area contributed by atoms with E-state index in [1.807, 2.05) is 13.8 Å². The van der Waals surface area contributed by atoms with E-state index in [0.717, 1.165) is 17.0 Å². The normalized spacial score (nSPS) is 10.7. The second-order valence-corrected chi connectivity index (χ2v) is 4.61. The Bertz CT molecular complexity index is 559. The average molecular weight is 283 g/mol. The van der Waals surface area contributed by atoms with Gasteiger partial charge in [0.15, 0.2) is 0 Å². The van der Waals surface area contributed by atoms with Crippen molar-refractivity contribution in [2.75, 3.05) is 6.61 Å². The Hall–Kier alpha value is -1.83. The van der Waals surface area contributed by atoms with Crippen LogP contribution in [0.3, 0.4) is 0 Å². The van der Waals surface area contributed by atoms with Gasteiger partial charge in [0, 0.05) is 11.3 Å². The highest BCUT2D eigenvalue weighted by Crippen LogP contribution is 2.25. The van der Waals surface area contributed by atoms with Crippen LogP contribution in [0.5, 0.6) is 0 Å². The van der Waals surface area contributed by atoms with Crippen molar-refractivity contribution in [1.82, 2.24) is 15.4 Å². The zero-order valence-corrected chi connectivity index (χ0v) is 11.6. The largest absolute Gasteiger partial charge is 0.459 e. The van der Waals surface area contributed by atoms with Crippen LogP contribution in [0, 0.1) is 13.8 Å². The molecule has 0 fully saturated rings. The minimum atomic E-state index is -0.612. The van der Waals surface area contributed by atoms with Gasteiger partial charge in [-0.15, -0.1) is 5.10 Å². The van der Waals surface area contributed by atoms with Gasteiger partial charge in [0.25, 0.3) is 5.22 Å². The molecule has 0 unspecified atom stereocenters. The quantitative estimate of drug-likeness (QED) is 0.609. The van der Waals surface area contributed by atoms with Crippen LogP contribution in [0.4, 0.5) is 0 Å². The van der Waals surface area contributed by atoms with Crippen molar-refractivity contribution in [3.63, 3.8) is 0 Å². The fourth-order valence-corrected chi connectivity index (χ4v) is 2.30. The molecule has 0 atom stereocenters. The first-order chi connectivity index (χ1) is 9.11. The molecule has 102 valence electrons. The predicted molar refractivity (Wildman–Crippen MR) is 65.8 cm³/mol. The smallest absolute Gasteiger partial charge is 0.396 e. The lowest BCUT2D eigenvalue weighted by atomic mass is 10.2. The van der Waals surface area contributed by atoms with Crippen LogP contribution in [0.15, 0.2) is 14.2 Å². The molecule has 0 N–H and O–H groups in total. The molecule has 2 rings (SSSR count). The summed E-state index contributed by atoms with van der Waals surface area (Å²) >= 11 is 1.31. The molecular weight excluding hydrogens is 270 g/mol. The van der Waals surface area contributed by atoms with Gasteiger partial charge < -0.3 is 13.7 Å². The Morgan fingerprint density at radius 3 is 2.79 bits per heavy atom. The molecule has 0 aliphatic carbocycles. The number of rotatable bonds is 5. The van der Waals surface area contributed by atoms with Gasteiger partial charge >= 0.3 is 11.9 Å². The Kier molecular flexibility index (Phi) is 4.20. The van der Waals surface area contributed by atoms with Crippen molar-refractivity contribution in [3.05, 3.63) is 22.9 Å². The molecule has 8 heteroatoms. The van der Waals surface area contributed by atoms with Gasteiger partial charge in [-0.25, -0.2) is 4.79 Å². The van der Waals surface area contributed by atoms with Gasteiger partial charge in [0.1, 0.15) is 5.76 Å². The summed E-state index contributed by atoms with van der Waals surface area (Å²) in [5.74, 6) is 0.600. The number of aryl methyl sites for hydroxylation is 2. The molecular formula is C11H13N3O4S. The first-order valence-corrected chi connectivity index (χ1v) is 6.65. The maximum Gasteiger partial charge on any atom is 0.396 e. The maximum absolute atomic E-state index is 11.3. The molecule has 0 radical (unpaired) electrons. The molecule has 7 nitrogen and oxygen atoms in total. The number of esters is 1. The van der Waals surface area contributed by atoms with Crippen LogP contribution in [0.2, 0.25) is 0 Å². The summed E-state index contributed by atoms with van der Waals surface area (Å²) in [7, 11) is 0. The van der Waals surface area contributed by atoms with Crippen molar-refractivity contribution in [3.8, 4) is 0 Å². The maximum atomic E-state index is 11.3. The summed E-state index contributed by atoms with van der Waals surface area (Å²) in [6.07, 6.45) is 0.